The minimum Gasteiger partial charge on any atom is -0.508 e. The van der Waals surface area contributed by atoms with Gasteiger partial charge in [0.2, 0.25) is 0 Å². The van der Waals surface area contributed by atoms with Crippen LogP contribution >= 0.6 is 0 Å². The second kappa shape index (κ2) is 3.52. The van der Waals surface area contributed by atoms with E-state index in [1.165, 1.54) is 12.1 Å². The van der Waals surface area contributed by atoms with Gasteiger partial charge >= 0.3 is 0 Å². The minimum atomic E-state index is -0.311. The third kappa shape index (κ3) is 1.98. The number of rotatable bonds is 0. The first kappa shape index (κ1) is 11.5. The highest BCUT2D eigenvalue weighted by Gasteiger charge is 2.20. The van der Waals surface area contributed by atoms with Crippen molar-refractivity contribution in [3.05, 3.63) is 34.2 Å². The van der Waals surface area contributed by atoms with Crippen molar-refractivity contribution in [2.45, 2.75) is 26.2 Å². The quantitative estimate of drug-likeness (QED) is 0.734. The molecule has 1 heterocycles. The first-order valence-corrected chi connectivity index (χ1v) is 5.29. The predicted octanol–water partition coefficient (Wildman–Crippen LogP) is 2.50. The van der Waals surface area contributed by atoms with E-state index in [2.05, 4.69) is 0 Å². The molecule has 0 fully saturated rings. The molecule has 4 heteroatoms. The molecule has 2 N–H and O–H groups in total. The van der Waals surface area contributed by atoms with Crippen LogP contribution in [0, 0.1) is 0 Å². The highest BCUT2D eigenvalue weighted by Crippen LogP contribution is 2.30. The second-order valence-corrected chi connectivity index (χ2v) is 5.06. The number of benzene rings is 1. The van der Waals surface area contributed by atoms with Crippen molar-refractivity contribution in [3.8, 4) is 11.5 Å². The van der Waals surface area contributed by atoms with Gasteiger partial charge in [-0.2, -0.15) is 0 Å². The standard InChI is InChI=1S/C13H14O4/c1-13(2,3)11-6-9(16)12-8(15)4-7(14)5-10(12)17-11/h4-6,14-15H,1-3H3. The molecule has 0 atom stereocenters. The Labute approximate surface area is 98.1 Å². The predicted molar refractivity (Wildman–Crippen MR) is 64.5 cm³/mol. The lowest BCUT2D eigenvalue weighted by molar-refractivity contribution is 0.415. The zero-order valence-electron chi connectivity index (χ0n) is 9.94. The summed E-state index contributed by atoms with van der Waals surface area (Å²) < 4.78 is 5.55. The summed E-state index contributed by atoms with van der Waals surface area (Å²) in [4.78, 5) is 11.9. The number of hydrogen-bond donors (Lipinski definition) is 2. The molecule has 0 aliphatic carbocycles. The Hall–Kier alpha value is -1.97. The molecule has 17 heavy (non-hydrogen) atoms. The molecule has 0 aliphatic rings. The number of hydrogen-bond acceptors (Lipinski definition) is 4. The fourth-order valence-electron chi connectivity index (χ4n) is 1.62. The summed E-state index contributed by atoms with van der Waals surface area (Å²) in [5.41, 5.74) is -0.428. The van der Waals surface area contributed by atoms with E-state index in [0.717, 1.165) is 6.07 Å². The molecular formula is C13H14O4. The largest absolute Gasteiger partial charge is 0.508 e. The van der Waals surface area contributed by atoms with Gasteiger partial charge in [0.05, 0.1) is 0 Å². The lowest BCUT2D eigenvalue weighted by Crippen LogP contribution is -2.14. The highest BCUT2D eigenvalue weighted by molar-refractivity contribution is 5.84. The van der Waals surface area contributed by atoms with Crippen LogP contribution in [0.25, 0.3) is 11.0 Å². The van der Waals surface area contributed by atoms with E-state index in [-0.39, 0.29) is 33.3 Å². The van der Waals surface area contributed by atoms with Crippen LogP contribution in [0.5, 0.6) is 11.5 Å². The smallest absolute Gasteiger partial charge is 0.196 e. The highest BCUT2D eigenvalue weighted by atomic mass is 16.3. The van der Waals surface area contributed by atoms with Crippen molar-refractivity contribution in [3.63, 3.8) is 0 Å². The monoisotopic (exact) mass is 234 g/mol. The number of fused-ring (bicyclic) bond motifs is 1. The zero-order valence-corrected chi connectivity index (χ0v) is 9.94. The Kier molecular flexibility index (Phi) is 2.38. The molecule has 0 radical (unpaired) electrons. The molecule has 0 saturated heterocycles. The Morgan fingerprint density at radius 2 is 1.76 bits per heavy atom. The van der Waals surface area contributed by atoms with Crippen molar-refractivity contribution in [2.75, 3.05) is 0 Å². The summed E-state index contributed by atoms with van der Waals surface area (Å²) in [6, 6.07) is 3.82. The summed E-state index contributed by atoms with van der Waals surface area (Å²) in [5, 5.41) is 19.1. The molecule has 0 amide bonds. The maximum absolute atomic E-state index is 11.9. The van der Waals surface area contributed by atoms with Gasteiger partial charge in [0.1, 0.15) is 28.2 Å². The lowest BCUT2D eigenvalue weighted by Gasteiger charge is -2.17. The molecule has 1 aromatic heterocycles. The topological polar surface area (TPSA) is 70.7 Å². The van der Waals surface area contributed by atoms with Gasteiger partial charge < -0.3 is 14.6 Å². The van der Waals surface area contributed by atoms with Crippen LogP contribution in [-0.2, 0) is 5.41 Å². The van der Waals surface area contributed by atoms with E-state index < -0.39 is 0 Å². The SMILES string of the molecule is CC(C)(C)c1cc(=O)c2c(O)cc(O)cc2o1. The van der Waals surface area contributed by atoms with Crippen LogP contribution in [0.3, 0.4) is 0 Å². The molecule has 90 valence electrons. The first-order chi connectivity index (χ1) is 7.79. The summed E-state index contributed by atoms with van der Waals surface area (Å²) in [7, 11) is 0. The molecule has 0 aliphatic heterocycles. The zero-order chi connectivity index (χ0) is 12.8. The van der Waals surface area contributed by atoms with Gasteiger partial charge in [-0.1, -0.05) is 20.8 Å². The number of phenols is 2. The Balaban J connectivity index is 2.87. The minimum absolute atomic E-state index is 0.0933. The van der Waals surface area contributed by atoms with E-state index in [4.69, 9.17) is 4.42 Å². The third-order valence-electron chi connectivity index (χ3n) is 2.53. The van der Waals surface area contributed by atoms with Crippen molar-refractivity contribution < 1.29 is 14.6 Å². The Bertz CT molecular complexity index is 632. The summed E-state index contributed by atoms with van der Waals surface area (Å²) in [6.07, 6.45) is 0. The fourth-order valence-corrected chi connectivity index (χ4v) is 1.62. The molecule has 0 saturated carbocycles. The van der Waals surface area contributed by atoms with Crippen molar-refractivity contribution in [1.82, 2.24) is 0 Å². The molecule has 0 unspecified atom stereocenters. The van der Waals surface area contributed by atoms with Crippen LogP contribution in [0.4, 0.5) is 0 Å². The van der Waals surface area contributed by atoms with Crippen LogP contribution < -0.4 is 5.43 Å². The van der Waals surface area contributed by atoms with Crippen LogP contribution in [0.15, 0.2) is 27.4 Å². The van der Waals surface area contributed by atoms with E-state index in [9.17, 15) is 15.0 Å². The van der Waals surface area contributed by atoms with Gasteiger partial charge in [-0.15, -0.1) is 0 Å². The van der Waals surface area contributed by atoms with Gasteiger partial charge in [0, 0.05) is 23.6 Å². The van der Waals surface area contributed by atoms with E-state index in [1.54, 1.807) is 0 Å². The summed E-state index contributed by atoms with van der Waals surface area (Å²) in [5.74, 6) is 0.110. The summed E-state index contributed by atoms with van der Waals surface area (Å²) >= 11 is 0. The van der Waals surface area contributed by atoms with Gasteiger partial charge in [-0.05, 0) is 0 Å². The van der Waals surface area contributed by atoms with Crippen molar-refractivity contribution in [2.24, 2.45) is 0 Å². The normalized spacial score (nSPS) is 11.9. The maximum Gasteiger partial charge on any atom is 0.196 e. The third-order valence-corrected chi connectivity index (χ3v) is 2.53. The molecule has 4 nitrogen and oxygen atoms in total. The van der Waals surface area contributed by atoms with Crippen molar-refractivity contribution in [1.29, 1.82) is 0 Å². The molecule has 2 aromatic rings. The molecule has 1 aromatic carbocycles. The summed E-state index contributed by atoms with van der Waals surface area (Å²) in [6.45, 7) is 5.75. The fraction of sp³-hybridized carbons (Fsp3) is 0.308. The Morgan fingerprint density at radius 1 is 1.12 bits per heavy atom. The van der Waals surface area contributed by atoms with Crippen LogP contribution in [-0.4, -0.2) is 10.2 Å². The second-order valence-electron chi connectivity index (χ2n) is 5.06. The first-order valence-electron chi connectivity index (χ1n) is 5.29. The van der Waals surface area contributed by atoms with E-state index in [1.807, 2.05) is 20.8 Å². The maximum atomic E-state index is 11.9. The lowest BCUT2D eigenvalue weighted by atomic mass is 9.92. The van der Waals surface area contributed by atoms with Gasteiger partial charge in [0.15, 0.2) is 5.43 Å². The molecule has 0 bridgehead atoms. The van der Waals surface area contributed by atoms with E-state index in [0.29, 0.717) is 5.76 Å². The van der Waals surface area contributed by atoms with Gasteiger partial charge in [-0.25, -0.2) is 0 Å². The Morgan fingerprint density at radius 3 is 2.35 bits per heavy atom. The van der Waals surface area contributed by atoms with Gasteiger partial charge in [-0.3, -0.25) is 4.79 Å². The molecular weight excluding hydrogens is 220 g/mol. The number of aromatic hydroxyl groups is 2. The van der Waals surface area contributed by atoms with Crippen molar-refractivity contribution >= 4 is 11.0 Å². The van der Waals surface area contributed by atoms with Crippen LogP contribution in [0.2, 0.25) is 0 Å². The average molecular weight is 234 g/mol. The number of phenolic OH excluding ortho intramolecular Hbond substituents is 2. The van der Waals surface area contributed by atoms with Gasteiger partial charge in [0.25, 0.3) is 0 Å². The van der Waals surface area contributed by atoms with E-state index >= 15 is 0 Å². The average Bonchev–Trinajstić information content (AvgIpc) is 2.13. The molecule has 0 spiro atoms. The van der Waals surface area contributed by atoms with Crippen LogP contribution in [0.1, 0.15) is 26.5 Å². The molecule has 2 rings (SSSR count).